The lowest BCUT2D eigenvalue weighted by molar-refractivity contribution is 0.146. The quantitative estimate of drug-likeness (QED) is 0.192. The van der Waals surface area contributed by atoms with Crippen molar-refractivity contribution in [2.75, 3.05) is 18.6 Å². The van der Waals surface area contributed by atoms with Crippen LogP contribution in [0, 0.1) is 5.82 Å². The lowest BCUT2D eigenvalue weighted by atomic mass is 10.2. The third kappa shape index (κ3) is 6.20. The Morgan fingerprint density at radius 2 is 2.15 bits per heavy atom. The van der Waals surface area contributed by atoms with Crippen LogP contribution in [0.1, 0.15) is 17.7 Å². The molecule has 0 aliphatic carbocycles. The molecule has 3 N–H and O–H groups in total. The number of halogens is 3. The van der Waals surface area contributed by atoms with Crippen molar-refractivity contribution in [3.05, 3.63) is 35.3 Å². The smallest absolute Gasteiger partial charge is 0.266 e. The van der Waals surface area contributed by atoms with Crippen molar-refractivity contribution in [3.63, 3.8) is 0 Å². The lowest BCUT2D eigenvalue weighted by Crippen LogP contribution is -2.24. The number of amidine groups is 1. The van der Waals surface area contributed by atoms with Crippen LogP contribution in [0.3, 0.4) is 0 Å². The van der Waals surface area contributed by atoms with Crippen LogP contribution in [-0.2, 0) is 10.0 Å². The number of aromatic nitrogens is 2. The highest BCUT2D eigenvalue weighted by Crippen LogP contribution is 2.27. The van der Waals surface area contributed by atoms with Crippen LogP contribution in [0.5, 0.6) is 0 Å². The van der Waals surface area contributed by atoms with Gasteiger partial charge in [-0.25, -0.2) is 35.9 Å². The topological polar surface area (TPSA) is 130 Å². The Morgan fingerprint density at radius 3 is 2.78 bits per heavy atom. The van der Waals surface area contributed by atoms with Crippen LogP contribution in [-0.4, -0.2) is 48.3 Å². The molecule has 0 atom stereocenters. The van der Waals surface area contributed by atoms with Crippen LogP contribution in [0.2, 0.25) is 0 Å². The summed E-state index contributed by atoms with van der Waals surface area (Å²) < 4.78 is 67.8. The van der Waals surface area contributed by atoms with E-state index in [0.29, 0.717) is 0 Å². The van der Waals surface area contributed by atoms with Gasteiger partial charge in [-0.05, 0) is 28.5 Å². The summed E-state index contributed by atoms with van der Waals surface area (Å²) in [6, 6.07) is 2.78. The van der Waals surface area contributed by atoms with Gasteiger partial charge in [-0.1, -0.05) is 11.8 Å². The zero-order valence-corrected chi connectivity index (χ0v) is 15.3. The molecule has 0 aliphatic heterocycles. The number of thioether (sulfide) groups is 1. The Hall–Kier alpha value is -2.16. The normalized spacial score (nSPS) is 12.6. The number of sulfonamides is 1. The van der Waals surface area contributed by atoms with Gasteiger partial charge in [-0.3, -0.25) is 10.7 Å². The maximum absolute atomic E-state index is 13.4. The minimum Gasteiger partial charge on any atom is -0.290 e. The highest BCUT2D eigenvalue weighted by atomic mass is 32.2. The van der Waals surface area contributed by atoms with Gasteiger partial charge in [-0.15, -0.1) is 0 Å². The molecule has 9 nitrogen and oxygen atoms in total. The SMILES string of the molecule is CS(=O)(=O)NCCSc1nonc1C(=Nc1ccc(F)c(C(F)F)c1)NO. The number of hydrogen-bond donors (Lipinski definition) is 3. The molecular weight excluding hydrogens is 411 g/mol. The molecule has 1 aromatic carbocycles. The highest BCUT2D eigenvalue weighted by molar-refractivity contribution is 7.99. The molecule has 0 spiro atoms. The molecule has 27 heavy (non-hydrogen) atoms. The van der Waals surface area contributed by atoms with Crippen molar-refractivity contribution in [2.45, 2.75) is 11.5 Å². The summed E-state index contributed by atoms with van der Waals surface area (Å²) >= 11 is 1.05. The molecule has 0 radical (unpaired) electrons. The van der Waals surface area contributed by atoms with Crippen molar-refractivity contribution < 1.29 is 31.4 Å². The van der Waals surface area contributed by atoms with Crippen molar-refractivity contribution in [2.24, 2.45) is 4.99 Å². The number of nitrogens with zero attached hydrogens (tertiary/aromatic N) is 3. The van der Waals surface area contributed by atoms with Gasteiger partial charge in [0.15, 0.2) is 16.6 Å². The van der Waals surface area contributed by atoms with Crippen LogP contribution in [0.15, 0.2) is 32.8 Å². The molecule has 0 aliphatic rings. The predicted molar refractivity (Wildman–Crippen MR) is 90.3 cm³/mol. The average Bonchev–Trinajstić information content (AvgIpc) is 3.05. The number of aliphatic imine (C=N–C) groups is 1. The van der Waals surface area contributed by atoms with Crippen molar-refractivity contribution in [1.82, 2.24) is 20.5 Å². The first-order valence-corrected chi connectivity index (χ1v) is 10.1. The Bertz CT molecular complexity index is 920. The first kappa shape index (κ1) is 21.1. The lowest BCUT2D eigenvalue weighted by Gasteiger charge is -2.06. The second-order valence-corrected chi connectivity index (χ2v) is 7.93. The van der Waals surface area contributed by atoms with Gasteiger partial charge < -0.3 is 0 Å². The summed E-state index contributed by atoms with van der Waals surface area (Å²) in [5.41, 5.74) is 0.807. The molecule has 148 valence electrons. The van der Waals surface area contributed by atoms with E-state index in [0.717, 1.165) is 36.2 Å². The van der Waals surface area contributed by atoms with Crippen LogP contribution < -0.4 is 10.2 Å². The highest BCUT2D eigenvalue weighted by Gasteiger charge is 2.18. The summed E-state index contributed by atoms with van der Waals surface area (Å²) in [6.45, 7) is 0.102. The third-order valence-electron chi connectivity index (χ3n) is 2.95. The van der Waals surface area contributed by atoms with Crippen molar-refractivity contribution in [3.8, 4) is 0 Å². The number of hydrogen-bond acceptors (Lipinski definition) is 8. The molecule has 1 heterocycles. The van der Waals surface area contributed by atoms with E-state index in [1.165, 1.54) is 0 Å². The van der Waals surface area contributed by atoms with Crippen molar-refractivity contribution >= 4 is 33.3 Å². The Balaban J connectivity index is 2.20. The molecule has 0 fully saturated rings. The third-order valence-corrected chi connectivity index (χ3v) is 4.63. The minimum absolute atomic E-state index is 0.0372. The Labute approximate surface area is 156 Å². The number of alkyl halides is 2. The fourth-order valence-corrected chi connectivity index (χ4v) is 3.18. The van der Waals surface area contributed by atoms with E-state index in [4.69, 9.17) is 0 Å². The van der Waals surface area contributed by atoms with Gasteiger partial charge in [0.1, 0.15) is 5.82 Å². The Kier molecular flexibility index (Phi) is 7.18. The standard InChI is InChI=1S/C13H14F3N5O4S2/c1-27(23,24)17-4-5-26-13-10(20-25-21-13)12(19-22)18-7-2-3-9(14)8(6-7)11(15)16/h2-3,6,11,17,22H,4-5H2,1H3,(H,18,19). The molecule has 14 heteroatoms. The van der Waals surface area contributed by atoms with Gasteiger partial charge in [0.2, 0.25) is 10.0 Å². The van der Waals surface area contributed by atoms with Crippen LogP contribution in [0.25, 0.3) is 0 Å². The maximum atomic E-state index is 13.4. The van der Waals surface area contributed by atoms with E-state index in [1.807, 2.05) is 0 Å². The number of benzene rings is 1. The van der Waals surface area contributed by atoms with Crippen molar-refractivity contribution in [1.29, 1.82) is 0 Å². The average molecular weight is 425 g/mol. The minimum atomic E-state index is -3.34. The predicted octanol–water partition coefficient (Wildman–Crippen LogP) is 1.84. The van der Waals surface area contributed by atoms with E-state index in [-0.39, 0.29) is 34.5 Å². The van der Waals surface area contributed by atoms with Gasteiger partial charge in [0, 0.05) is 12.3 Å². The second kappa shape index (κ2) is 9.16. The number of nitrogens with one attached hydrogen (secondary N) is 2. The van der Waals surface area contributed by atoms with Gasteiger partial charge >= 0.3 is 0 Å². The molecule has 1 aromatic heterocycles. The zero-order chi connectivity index (χ0) is 20.0. The first-order chi connectivity index (χ1) is 12.7. The van der Waals surface area contributed by atoms with E-state index in [2.05, 4.69) is 24.7 Å². The molecular formula is C13H14F3N5O4S2. The molecule has 0 saturated carbocycles. The van der Waals surface area contributed by atoms with Gasteiger partial charge in [0.25, 0.3) is 6.43 Å². The number of hydroxylamine groups is 1. The van der Waals surface area contributed by atoms with E-state index < -0.39 is 27.8 Å². The summed E-state index contributed by atoms with van der Waals surface area (Å²) in [6.07, 6.45) is -2.02. The molecule has 0 saturated heterocycles. The van der Waals surface area contributed by atoms with Gasteiger partial charge in [0.05, 0.1) is 17.5 Å². The van der Waals surface area contributed by atoms with Gasteiger partial charge in [-0.2, -0.15) is 0 Å². The van der Waals surface area contributed by atoms with Crippen LogP contribution >= 0.6 is 11.8 Å². The molecule has 0 bridgehead atoms. The molecule has 2 rings (SSSR count). The molecule has 2 aromatic rings. The van der Waals surface area contributed by atoms with E-state index in [1.54, 1.807) is 5.48 Å². The fourth-order valence-electron chi connectivity index (χ4n) is 1.82. The molecule has 0 amide bonds. The Morgan fingerprint density at radius 1 is 1.41 bits per heavy atom. The zero-order valence-electron chi connectivity index (χ0n) is 13.7. The summed E-state index contributed by atoms with van der Waals surface area (Å²) in [5.74, 6) is -1.10. The summed E-state index contributed by atoms with van der Waals surface area (Å²) in [7, 11) is -3.34. The first-order valence-electron chi connectivity index (χ1n) is 7.18. The van der Waals surface area contributed by atoms with Crippen LogP contribution in [0.4, 0.5) is 18.9 Å². The number of rotatable bonds is 8. The summed E-state index contributed by atoms with van der Waals surface area (Å²) in [5, 5.41) is 16.6. The summed E-state index contributed by atoms with van der Waals surface area (Å²) in [4.78, 5) is 3.90. The van der Waals surface area contributed by atoms with E-state index in [9.17, 15) is 26.8 Å². The fraction of sp³-hybridized carbons (Fsp3) is 0.308. The second-order valence-electron chi connectivity index (χ2n) is 5.01. The maximum Gasteiger partial charge on any atom is 0.266 e. The monoisotopic (exact) mass is 425 g/mol. The largest absolute Gasteiger partial charge is 0.290 e. The molecule has 0 unspecified atom stereocenters. The van der Waals surface area contributed by atoms with E-state index >= 15 is 0 Å².